The fourth-order valence-electron chi connectivity index (χ4n) is 3.76. The number of hydrogen-bond acceptors (Lipinski definition) is 7. The lowest BCUT2D eigenvalue weighted by molar-refractivity contribution is -0.113. The Bertz CT molecular complexity index is 1110. The van der Waals surface area contributed by atoms with Crippen LogP contribution in [0.3, 0.4) is 0 Å². The van der Waals surface area contributed by atoms with Gasteiger partial charge in [-0.25, -0.2) is 0 Å². The molecule has 31 heavy (non-hydrogen) atoms. The summed E-state index contributed by atoms with van der Waals surface area (Å²) in [6.07, 6.45) is 3.92. The van der Waals surface area contributed by atoms with Crippen LogP contribution in [0.4, 0.5) is 10.9 Å². The van der Waals surface area contributed by atoms with Crippen LogP contribution in [0.5, 0.6) is 0 Å². The van der Waals surface area contributed by atoms with E-state index in [1.807, 2.05) is 48.7 Å². The van der Waals surface area contributed by atoms with Crippen molar-refractivity contribution in [3.8, 4) is 11.8 Å². The third-order valence-corrected chi connectivity index (χ3v) is 6.99. The van der Waals surface area contributed by atoms with Gasteiger partial charge in [0.25, 0.3) is 0 Å². The highest BCUT2D eigenvalue weighted by Gasteiger charge is 2.26. The summed E-state index contributed by atoms with van der Waals surface area (Å²) >= 11 is 2.78. The molecule has 0 bridgehead atoms. The third kappa shape index (κ3) is 4.75. The third-order valence-electron chi connectivity index (χ3n) is 5.00. The maximum absolute atomic E-state index is 12.8. The number of nitrogens with one attached hydrogen (secondary N) is 2. The molecule has 2 N–H and O–H groups in total. The first kappa shape index (κ1) is 21.4. The smallest absolute Gasteiger partial charge is 0.235 e. The van der Waals surface area contributed by atoms with E-state index in [-0.39, 0.29) is 17.7 Å². The Morgan fingerprint density at radius 2 is 2.03 bits per heavy atom. The lowest BCUT2D eigenvalue weighted by atomic mass is 9.95. The van der Waals surface area contributed by atoms with E-state index in [9.17, 15) is 10.1 Å². The number of fused-ring (bicyclic) bond motifs is 1. The quantitative estimate of drug-likeness (QED) is 0.508. The van der Waals surface area contributed by atoms with E-state index < -0.39 is 0 Å². The minimum absolute atomic E-state index is 0.165. The summed E-state index contributed by atoms with van der Waals surface area (Å²) in [6.45, 7) is 4.08. The number of rotatable bonds is 7. The molecule has 1 amide bonds. The molecule has 0 aliphatic heterocycles. The van der Waals surface area contributed by atoms with Gasteiger partial charge < -0.3 is 10.6 Å². The van der Waals surface area contributed by atoms with Crippen molar-refractivity contribution in [2.75, 3.05) is 16.4 Å². The summed E-state index contributed by atoms with van der Waals surface area (Å²) < 4.78 is 2.78. The van der Waals surface area contributed by atoms with Gasteiger partial charge in [-0.1, -0.05) is 41.3 Å². The topological polar surface area (TPSA) is 95.6 Å². The summed E-state index contributed by atoms with van der Waals surface area (Å²) in [5.74, 6) is 0.610. The van der Waals surface area contributed by atoms with Gasteiger partial charge in [0.05, 0.1) is 11.3 Å². The number of hydrogen-bond donors (Lipinski definition) is 2. The number of para-hydroxylation sites is 1. The second kappa shape index (κ2) is 9.54. The summed E-state index contributed by atoms with van der Waals surface area (Å²) in [7, 11) is 0. The second-order valence-corrected chi connectivity index (χ2v) is 9.85. The van der Waals surface area contributed by atoms with Gasteiger partial charge in [0.1, 0.15) is 11.9 Å². The van der Waals surface area contributed by atoms with Gasteiger partial charge in [-0.2, -0.15) is 5.26 Å². The molecule has 160 valence electrons. The van der Waals surface area contributed by atoms with Gasteiger partial charge in [-0.15, -0.1) is 10.2 Å². The second-order valence-electron chi connectivity index (χ2n) is 7.65. The first-order valence-electron chi connectivity index (χ1n) is 10.3. The Morgan fingerprint density at radius 1 is 1.26 bits per heavy atom. The van der Waals surface area contributed by atoms with Crippen LogP contribution >= 0.6 is 23.1 Å². The van der Waals surface area contributed by atoms with Crippen LogP contribution in [0.15, 0.2) is 34.7 Å². The minimum atomic E-state index is -0.165. The predicted octanol–water partition coefficient (Wildman–Crippen LogP) is 4.63. The number of anilines is 2. The zero-order valence-electron chi connectivity index (χ0n) is 17.5. The van der Waals surface area contributed by atoms with Gasteiger partial charge in [0.2, 0.25) is 11.0 Å². The molecule has 1 aliphatic rings. The molecular weight excluding hydrogens is 428 g/mol. The van der Waals surface area contributed by atoms with Crippen molar-refractivity contribution >= 4 is 40.0 Å². The van der Waals surface area contributed by atoms with Crippen molar-refractivity contribution in [2.24, 2.45) is 0 Å². The highest BCUT2D eigenvalue weighted by atomic mass is 32.2. The zero-order chi connectivity index (χ0) is 21.8. The monoisotopic (exact) mass is 452 g/mol. The molecule has 3 aromatic rings. The van der Waals surface area contributed by atoms with Crippen LogP contribution in [0, 0.1) is 11.3 Å². The molecule has 0 saturated heterocycles. The van der Waals surface area contributed by atoms with E-state index in [2.05, 4.69) is 26.9 Å². The fraction of sp³-hybridized carbons (Fsp3) is 0.364. The maximum atomic E-state index is 12.8. The average molecular weight is 453 g/mol. The van der Waals surface area contributed by atoms with Gasteiger partial charge in [-0.3, -0.25) is 9.36 Å². The summed E-state index contributed by atoms with van der Waals surface area (Å²) in [5.41, 5.74) is 3.73. The molecular formula is C22H24N6OS2. The van der Waals surface area contributed by atoms with Gasteiger partial charge in [0.15, 0.2) is 4.34 Å². The van der Waals surface area contributed by atoms with E-state index in [0.717, 1.165) is 52.1 Å². The molecule has 0 atom stereocenters. The number of nitrogens with zero attached hydrogens (tertiary/aromatic N) is 4. The molecule has 1 aromatic carbocycles. The summed E-state index contributed by atoms with van der Waals surface area (Å²) in [4.78, 5) is 12.8. The standard InChI is InChI=1S/C22H24N6OS2/c1-14(2)24-21-26-27-22(31-21)30-13-19(29)25-20-17(12-23)16-10-6-7-11-18(16)28(20)15-8-4-3-5-9-15/h3-5,8-9,14H,6-7,10-11,13H2,1-2H3,(H,24,26)(H,25,29). The van der Waals surface area contributed by atoms with E-state index >= 15 is 0 Å². The van der Waals surface area contributed by atoms with Gasteiger partial charge in [0, 0.05) is 17.4 Å². The Morgan fingerprint density at radius 3 is 2.77 bits per heavy atom. The number of nitriles is 1. The molecule has 0 unspecified atom stereocenters. The molecule has 0 radical (unpaired) electrons. The Balaban J connectivity index is 1.56. The molecule has 0 fully saturated rings. The van der Waals surface area contributed by atoms with E-state index in [1.165, 1.54) is 23.1 Å². The zero-order valence-corrected chi connectivity index (χ0v) is 19.1. The van der Waals surface area contributed by atoms with E-state index in [1.54, 1.807) is 0 Å². The molecule has 1 aliphatic carbocycles. The van der Waals surface area contributed by atoms with Crippen molar-refractivity contribution < 1.29 is 4.79 Å². The molecule has 9 heteroatoms. The van der Waals surface area contributed by atoms with Gasteiger partial charge in [-0.05, 0) is 57.2 Å². The van der Waals surface area contributed by atoms with Crippen LogP contribution < -0.4 is 10.6 Å². The maximum Gasteiger partial charge on any atom is 0.235 e. The number of aromatic nitrogens is 3. The first-order chi connectivity index (χ1) is 15.1. The van der Waals surface area contributed by atoms with E-state index in [4.69, 9.17) is 0 Å². The number of carbonyl (C=O) groups excluding carboxylic acids is 1. The Hall–Kier alpha value is -2.83. The van der Waals surface area contributed by atoms with Crippen LogP contribution in [0.2, 0.25) is 0 Å². The number of thioether (sulfide) groups is 1. The average Bonchev–Trinajstić information content (AvgIpc) is 3.33. The highest BCUT2D eigenvalue weighted by Crippen LogP contribution is 2.36. The predicted molar refractivity (Wildman–Crippen MR) is 125 cm³/mol. The molecule has 7 nitrogen and oxygen atoms in total. The highest BCUT2D eigenvalue weighted by molar-refractivity contribution is 8.01. The number of carbonyl (C=O) groups is 1. The van der Waals surface area contributed by atoms with E-state index in [0.29, 0.717) is 11.4 Å². The van der Waals surface area contributed by atoms with Crippen molar-refractivity contribution in [3.63, 3.8) is 0 Å². The van der Waals surface area contributed by atoms with Crippen molar-refractivity contribution in [2.45, 2.75) is 49.9 Å². The molecule has 0 spiro atoms. The van der Waals surface area contributed by atoms with Crippen LogP contribution in [0.1, 0.15) is 43.5 Å². The molecule has 4 rings (SSSR count). The van der Waals surface area contributed by atoms with Gasteiger partial charge >= 0.3 is 0 Å². The Kier molecular flexibility index (Phi) is 6.59. The number of amides is 1. The lowest BCUT2D eigenvalue weighted by Gasteiger charge is -2.17. The largest absolute Gasteiger partial charge is 0.358 e. The lowest BCUT2D eigenvalue weighted by Crippen LogP contribution is -2.18. The first-order valence-corrected chi connectivity index (χ1v) is 12.1. The number of benzene rings is 1. The minimum Gasteiger partial charge on any atom is -0.358 e. The van der Waals surface area contributed by atoms with Crippen molar-refractivity contribution in [1.82, 2.24) is 14.8 Å². The molecule has 2 aromatic heterocycles. The van der Waals surface area contributed by atoms with Crippen molar-refractivity contribution in [3.05, 3.63) is 47.2 Å². The normalized spacial score (nSPS) is 13.0. The van der Waals surface area contributed by atoms with Crippen LogP contribution in [-0.4, -0.2) is 32.5 Å². The fourth-order valence-corrected chi connectivity index (χ4v) is 5.46. The van der Waals surface area contributed by atoms with Crippen LogP contribution in [0.25, 0.3) is 5.69 Å². The Labute approximate surface area is 189 Å². The van der Waals surface area contributed by atoms with Crippen molar-refractivity contribution in [1.29, 1.82) is 5.26 Å². The summed E-state index contributed by atoms with van der Waals surface area (Å²) in [5, 5.41) is 25.1. The SMILES string of the molecule is CC(C)Nc1nnc(SCC(=O)Nc2c(C#N)c3c(n2-c2ccccc2)CCCC3)s1. The molecule has 2 heterocycles. The molecule has 0 saturated carbocycles. The summed E-state index contributed by atoms with van der Waals surface area (Å²) in [6, 6.07) is 12.5. The van der Waals surface area contributed by atoms with Crippen LogP contribution in [-0.2, 0) is 17.6 Å².